The lowest BCUT2D eigenvalue weighted by Gasteiger charge is -2.14. The number of ether oxygens (including phenoxy) is 1. The van der Waals surface area contributed by atoms with E-state index < -0.39 is 19.5 Å². The molecular formula is C17H18NO8P. The van der Waals surface area contributed by atoms with Crippen LogP contribution in [-0.2, 0) is 4.57 Å². The molecule has 0 radical (unpaired) electrons. The summed E-state index contributed by atoms with van der Waals surface area (Å²) in [4.78, 5) is 40.4. The highest BCUT2D eigenvalue weighted by molar-refractivity contribution is 7.51. The predicted octanol–water partition coefficient (Wildman–Crippen LogP) is 2.77. The minimum Gasteiger partial charge on any atom is -0.494 e. The summed E-state index contributed by atoms with van der Waals surface area (Å²) >= 11 is 0. The molecule has 2 rings (SSSR count). The fourth-order valence-electron chi connectivity index (χ4n) is 2.28. The first-order valence-electron chi connectivity index (χ1n) is 7.81. The van der Waals surface area contributed by atoms with E-state index >= 15 is 0 Å². The average molecular weight is 395 g/mol. The Morgan fingerprint density at radius 3 is 2.22 bits per heavy atom. The van der Waals surface area contributed by atoms with Crippen LogP contribution in [0.1, 0.15) is 27.1 Å². The number of carboxylic acids is 2. The van der Waals surface area contributed by atoms with Gasteiger partial charge in [0, 0.05) is 0 Å². The molecule has 27 heavy (non-hydrogen) atoms. The molecule has 0 unspecified atom stereocenters. The minimum absolute atomic E-state index is 0.00778. The van der Waals surface area contributed by atoms with Crippen LogP contribution in [0.4, 0.5) is 11.4 Å². The molecular weight excluding hydrogens is 377 g/mol. The molecule has 0 atom stereocenters. The van der Waals surface area contributed by atoms with Gasteiger partial charge in [0.05, 0.1) is 35.3 Å². The summed E-state index contributed by atoms with van der Waals surface area (Å²) in [6.07, 6.45) is -0.219. The number of hydrogen-bond donors (Lipinski definition) is 5. The number of anilines is 2. The number of carbonyl (C=O) groups is 2. The first-order valence-corrected chi connectivity index (χ1v) is 9.61. The van der Waals surface area contributed by atoms with Gasteiger partial charge in [0.15, 0.2) is 0 Å². The minimum atomic E-state index is -4.10. The van der Waals surface area contributed by atoms with Crippen molar-refractivity contribution >= 4 is 30.9 Å². The maximum Gasteiger partial charge on any atom is 0.337 e. The summed E-state index contributed by atoms with van der Waals surface area (Å²) in [7, 11) is -4.10. The topological polar surface area (TPSA) is 153 Å². The predicted molar refractivity (Wildman–Crippen MR) is 97.1 cm³/mol. The molecule has 0 aliphatic carbocycles. The van der Waals surface area contributed by atoms with Crippen molar-refractivity contribution < 1.29 is 38.9 Å². The monoisotopic (exact) mass is 395 g/mol. The van der Waals surface area contributed by atoms with E-state index in [-0.39, 0.29) is 47.4 Å². The number of benzene rings is 2. The van der Waals surface area contributed by atoms with Gasteiger partial charge in [-0.25, -0.2) is 9.59 Å². The first-order chi connectivity index (χ1) is 12.7. The van der Waals surface area contributed by atoms with E-state index in [0.717, 1.165) is 0 Å². The van der Waals surface area contributed by atoms with Gasteiger partial charge in [-0.3, -0.25) is 4.57 Å². The molecule has 0 heterocycles. The summed E-state index contributed by atoms with van der Waals surface area (Å²) in [5, 5.41) is 21.4. The average Bonchev–Trinajstić information content (AvgIpc) is 2.59. The second-order valence-electron chi connectivity index (χ2n) is 5.58. The summed E-state index contributed by atoms with van der Waals surface area (Å²) in [6, 6.07) is 10.3. The smallest absolute Gasteiger partial charge is 0.337 e. The standard InChI is InChI=1S/C17H18NO8P/c19-16(20)12-4-1-2-5-14(12)18-15-7-6-11(10-13(15)17(21)22)26-8-3-9-27(23,24)25/h1-2,4-7,10,18H,3,8-9H2,(H,19,20)(H,21,22)(H2,23,24,25). The molecule has 10 heteroatoms. The van der Waals surface area contributed by atoms with Crippen LogP contribution >= 0.6 is 7.60 Å². The van der Waals surface area contributed by atoms with Gasteiger partial charge in [0.2, 0.25) is 0 Å². The summed E-state index contributed by atoms with van der Waals surface area (Å²) in [6.45, 7) is 0.0127. The Morgan fingerprint density at radius 1 is 0.963 bits per heavy atom. The molecule has 5 N–H and O–H groups in total. The molecule has 0 aliphatic heterocycles. The SMILES string of the molecule is O=C(O)c1ccccc1Nc1ccc(OCCCP(=O)(O)O)cc1C(=O)O. The maximum atomic E-state index is 11.5. The molecule has 144 valence electrons. The van der Waals surface area contributed by atoms with E-state index in [4.69, 9.17) is 14.5 Å². The van der Waals surface area contributed by atoms with Crippen LogP contribution in [0.15, 0.2) is 42.5 Å². The quantitative estimate of drug-likeness (QED) is 0.318. The fourth-order valence-corrected chi connectivity index (χ4v) is 2.82. The zero-order valence-electron chi connectivity index (χ0n) is 14.0. The summed E-state index contributed by atoms with van der Waals surface area (Å²) in [5.41, 5.74) is 0.274. The van der Waals surface area contributed by atoms with E-state index in [1.54, 1.807) is 12.1 Å². The summed E-state index contributed by atoms with van der Waals surface area (Å²) < 4.78 is 16.1. The molecule has 0 bridgehead atoms. The molecule has 0 aliphatic rings. The van der Waals surface area contributed by atoms with Crippen molar-refractivity contribution in [3.05, 3.63) is 53.6 Å². The third kappa shape index (κ3) is 6.10. The fraction of sp³-hybridized carbons (Fsp3) is 0.176. The Morgan fingerprint density at radius 2 is 1.59 bits per heavy atom. The van der Waals surface area contributed by atoms with Crippen LogP contribution in [0.5, 0.6) is 5.75 Å². The lowest BCUT2D eigenvalue weighted by Crippen LogP contribution is -2.07. The van der Waals surface area contributed by atoms with Crippen molar-refractivity contribution in [2.75, 3.05) is 18.1 Å². The van der Waals surface area contributed by atoms with E-state index in [1.165, 1.54) is 30.3 Å². The number of hydrogen-bond acceptors (Lipinski definition) is 5. The molecule has 9 nitrogen and oxygen atoms in total. The molecule has 0 saturated carbocycles. The lowest BCUT2D eigenvalue weighted by atomic mass is 10.1. The van der Waals surface area contributed by atoms with Crippen molar-refractivity contribution in [2.24, 2.45) is 0 Å². The second-order valence-corrected chi connectivity index (χ2v) is 7.36. The Hall–Kier alpha value is -2.87. The zero-order chi connectivity index (χ0) is 20.0. The number of rotatable bonds is 9. The Labute approximate surface area is 154 Å². The van der Waals surface area contributed by atoms with Crippen molar-refractivity contribution in [1.29, 1.82) is 0 Å². The number of para-hydroxylation sites is 1. The van der Waals surface area contributed by atoms with Gasteiger partial charge in [0.1, 0.15) is 5.75 Å². The molecule has 0 aromatic heterocycles. The molecule has 0 spiro atoms. The third-order valence-electron chi connectivity index (χ3n) is 3.51. The van der Waals surface area contributed by atoms with E-state index in [2.05, 4.69) is 5.32 Å². The molecule has 0 amide bonds. The second kappa shape index (κ2) is 8.68. The highest BCUT2D eigenvalue weighted by Crippen LogP contribution is 2.35. The number of nitrogens with one attached hydrogen (secondary N) is 1. The van der Waals surface area contributed by atoms with Crippen molar-refractivity contribution in [3.63, 3.8) is 0 Å². The van der Waals surface area contributed by atoms with Gasteiger partial charge in [-0.15, -0.1) is 0 Å². The third-order valence-corrected chi connectivity index (χ3v) is 4.41. The normalized spacial score (nSPS) is 11.0. The summed E-state index contributed by atoms with van der Waals surface area (Å²) in [5.74, 6) is -2.18. The van der Waals surface area contributed by atoms with Gasteiger partial charge < -0.3 is 30.1 Å². The Balaban J connectivity index is 2.18. The van der Waals surface area contributed by atoms with Gasteiger partial charge in [-0.05, 0) is 36.8 Å². The largest absolute Gasteiger partial charge is 0.494 e. The van der Waals surface area contributed by atoms with E-state index in [9.17, 15) is 24.4 Å². The van der Waals surface area contributed by atoms with Crippen LogP contribution in [-0.4, -0.2) is 44.7 Å². The highest BCUT2D eigenvalue weighted by Gasteiger charge is 2.16. The Bertz CT molecular complexity index is 892. The van der Waals surface area contributed by atoms with Crippen LogP contribution in [0.2, 0.25) is 0 Å². The van der Waals surface area contributed by atoms with Crippen molar-refractivity contribution in [1.82, 2.24) is 0 Å². The van der Waals surface area contributed by atoms with E-state index in [1.807, 2.05) is 0 Å². The lowest BCUT2D eigenvalue weighted by molar-refractivity contribution is 0.0687. The van der Waals surface area contributed by atoms with Crippen LogP contribution in [0.25, 0.3) is 0 Å². The highest BCUT2D eigenvalue weighted by atomic mass is 31.2. The van der Waals surface area contributed by atoms with E-state index in [0.29, 0.717) is 0 Å². The van der Waals surface area contributed by atoms with Crippen LogP contribution in [0.3, 0.4) is 0 Å². The molecule has 0 fully saturated rings. The molecule has 2 aromatic rings. The van der Waals surface area contributed by atoms with Gasteiger partial charge in [0.25, 0.3) is 0 Å². The number of aromatic carboxylic acids is 2. The number of carboxylic acid groups (broad SMARTS) is 2. The molecule has 2 aromatic carbocycles. The van der Waals surface area contributed by atoms with Crippen LogP contribution < -0.4 is 10.1 Å². The van der Waals surface area contributed by atoms with Crippen molar-refractivity contribution in [3.8, 4) is 5.75 Å². The first kappa shape index (κ1) is 20.4. The zero-order valence-corrected chi connectivity index (χ0v) is 14.9. The van der Waals surface area contributed by atoms with Gasteiger partial charge >= 0.3 is 19.5 Å². The Kier molecular flexibility index (Phi) is 6.57. The maximum absolute atomic E-state index is 11.5. The van der Waals surface area contributed by atoms with Gasteiger partial charge in [-0.2, -0.15) is 0 Å². The van der Waals surface area contributed by atoms with Crippen molar-refractivity contribution in [2.45, 2.75) is 6.42 Å². The van der Waals surface area contributed by atoms with Gasteiger partial charge in [-0.1, -0.05) is 12.1 Å². The molecule has 0 saturated heterocycles. The van der Waals surface area contributed by atoms with Crippen LogP contribution in [0, 0.1) is 0 Å².